The van der Waals surface area contributed by atoms with E-state index in [0.29, 0.717) is 13.1 Å². The van der Waals surface area contributed by atoms with Gasteiger partial charge in [-0.25, -0.2) is 12.8 Å². The molecule has 1 aromatic rings. The topological polar surface area (TPSA) is 66.6 Å². The van der Waals surface area contributed by atoms with Crippen LogP contribution < -0.4 is 5.73 Å². The molecule has 0 saturated carbocycles. The van der Waals surface area contributed by atoms with Crippen molar-refractivity contribution in [3.8, 4) is 0 Å². The molecule has 1 fully saturated rings. The van der Waals surface area contributed by atoms with E-state index >= 15 is 0 Å². The summed E-state index contributed by atoms with van der Waals surface area (Å²) in [7, 11) is -0.00945. The summed E-state index contributed by atoms with van der Waals surface area (Å²) >= 11 is 0. The Morgan fingerprint density at radius 1 is 1.35 bits per heavy atom. The molecule has 2 N–H and O–H groups in total. The van der Waals surface area contributed by atoms with Gasteiger partial charge in [0.1, 0.15) is 10.7 Å². The monoisotopic (exact) mass is 301 g/mol. The van der Waals surface area contributed by atoms with Gasteiger partial charge >= 0.3 is 0 Å². The lowest BCUT2D eigenvalue weighted by Gasteiger charge is -2.22. The SMILES string of the molecule is CC1CN(S(=O)(=O)c2cc(N)ccc2F)CC1N(C)C. The Hall–Kier alpha value is -1.18. The molecule has 2 atom stereocenters. The van der Waals surface area contributed by atoms with E-state index < -0.39 is 15.8 Å². The number of hydrogen-bond acceptors (Lipinski definition) is 4. The lowest BCUT2D eigenvalue weighted by atomic mass is 10.1. The second-order valence-electron chi connectivity index (χ2n) is 5.52. The molecule has 0 aliphatic carbocycles. The van der Waals surface area contributed by atoms with Gasteiger partial charge in [0.25, 0.3) is 0 Å². The van der Waals surface area contributed by atoms with Crippen molar-refractivity contribution >= 4 is 15.7 Å². The number of sulfonamides is 1. The van der Waals surface area contributed by atoms with Crippen LogP contribution in [-0.4, -0.2) is 50.8 Å². The van der Waals surface area contributed by atoms with E-state index in [0.717, 1.165) is 6.07 Å². The number of rotatable bonds is 3. The normalized spacial score (nSPS) is 24.4. The molecule has 7 heteroatoms. The minimum Gasteiger partial charge on any atom is -0.399 e. The highest BCUT2D eigenvalue weighted by Crippen LogP contribution is 2.28. The minimum atomic E-state index is -3.84. The van der Waals surface area contributed by atoms with Gasteiger partial charge in [-0.15, -0.1) is 0 Å². The van der Waals surface area contributed by atoms with Crippen molar-refractivity contribution in [2.45, 2.75) is 17.9 Å². The molecule has 0 spiro atoms. The van der Waals surface area contributed by atoms with Crippen molar-refractivity contribution in [1.29, 1.82) is 0 Å². The number of nitrogens with two attached hydrogens (primary N) is 1. The van der Waals surface area contributed by atoms with Crippen molar-refractivity contribution < 1.29 is 12.8 Å². The molecular formula is C13H20FN3O2S. The Balaban J connectivity index is 2.35. The van der Waals surface area contributed by atoms with Gasteiger partial charge in [0.2, 0.25) is 10.0 Å². The lowest BCUT2D eigenvalue weighted by molar-refractivity contribution is 0.263. The molecule has 1 aromatic carbocycles. The smallest absolute Gasteiger partial charge is 0.246 e. The van der Waals surface area contributed by atoms with E-state index in [1.54, 1.807) is 0 Å². The number of nitrogens with zero attached hydrogens (tertiary/aromatic N) is 2. The van der Waals surface area contributed by atoms with Crippen molar-refractivity contribution in [1.82, 2.24) is 9.21 Å². The van der Waals surface area contributed by atoms with Gasteiger partial charge in [-0.1, -0.05) is 6.92 Å². The molecule has 0 amide bonds. The zero-order valence-electron chi connectivity index (χ0n) is 11.9. The third-order valence-electron chi connectivity index (χ3n) is 3.78. The number of likely N-dealkylation sites (N-methyl/N-ethyl adjacent to an activating group) is 1. The molecule has 0 aromatic heterocycles. The fourth-order valence-electron chi connectivity index (χ4n) is 2.63. The molecule has 1 aliphatic heterocycles. The zero-order chi connectivity index (χ0) is 15.1. The predicted octanol–water partition coefficient (Wildman–Crippen LogP) is 0.979. The fourth-order valence-corrected chi connectivity index (χ4v) is 4.29. The maximum atomic E-state index is 13.8. The third kappa shape index (κ3) is 2.65. The molecule has 1 aliphatic rings. The number of anilines is 1. The van der Waals surface area contributed by atoms with E-state index in [4.69, 9.17) is 5.73 Å². The van der Waals surface area contributed by atoms with Gasteiger partial charge in [0.05, 0.1) is 0 Å². The van der Waals surface area contributed by atoms with E-state index in [1.807, 2.05) is 25.9 Å². The second kappa shape index (κ2) is 5.31. The summed E-state index contributed by atoms with van der Waals surface area (Å²) in [5.74, 6) is -0.566. The molecular weight excluding hydrogens is 281 g/mol. The van der Waals surface area contributed by atoms with E-state index in [1.165, 1.54) is 16.4 Å². The average molecular weight is 301 g/mol. The van der Waals surface area contributed by atoms with Crippen LogP contribution >= 0.6 is 0 Å². The first-order valence-electron chi connectivity index (χ1n) is 6.45. The lowest BCUT2D eigenvalue weighted by Crippen LogP contribution is -2.36. The van der Waals surface area contributed by atoms with Gasteiger partial charge in [-0.3, -0.25) is 0 Å². The van der Waals surface area contributed by atoms with Crippen molar-refractivity contribution in [3.05, 3.63) is 24.0 Å². The Bertz CT molecular complexity index is 604. The summed E-state index contributed by atoms with van der Waals surface area (Å²) in [5, 5.41) is 0. The van der Waals surface area contributed by atoms with Crippen molar-refractivity contribution in [2.24, 2.45) is 5.92 Å². The zero-order valence-corrected chi connectivity index (χ0v) is 12.7. The maximum absolute atomic E-state index is 13.8. The highest BCUT2D eigenvalue weighted by molar-refractivity contribution is 7.89. The van der Waals surface area contributed by atoms with E-state index in [-0.39, 0.29) is 22.5 Å². The standard InChI is InChI=1S/C13H20FN3O2S/c1-9-7-17(8-12(9)16(2)3)20(18,19)13-6-10(15)4-5-11(13)14/h4-6,9,12H,7-8,15H2,1-3H3. The Morgan fingerprint density at radius 3 is 2.55 bits per heavy atom. The fraction of sp³-hybridized carbons (Fsp3) is 0.538. The maximum Gasteiger partial charge on any atom is 0.246 e. The number of halogens is 1. The Labute approximate surface area is 119 Å². The first-order chi connectivity index (χ1) is 9.23. The Kier molecular flexibility index (Phi) is 4.04. The van der Waals surface area contributed by atoms with Crippen LogP contribution in [0.4, 0.5) is 10.1 Å². The highest BCUT2D eigenvalue weighted by atomic mass is 32.2. The van der Waals surface area contributed by atoms with Crippen LogP contribution in [0.5, 0.6) is 0 Å². The van der Waals surface area contributed by atoms with Crippen LogP contribution in [0.25, 0.3) is 0 Å². The van der Waals surface area contributed by atoms with Crippen LogP contribution in [-0.2, 0) is 10.0 Å². The summed E-state index contributed by atoms with van der Waals surface area (Å²) in [5.41, 5.74) is 5.81. The first kappa shape index (κ1) is 15.2. The molecule has 0 radical (unpaired) electrons. The molecule has 112 valence electrons. The summed E-state index contributed by atoms with van der Waals surface area (Å²) in [6.07, 6.45) is 0. The number of hydrogen-bond donors (Lipinski definition) is 1. The third-order valence-corrected chi connectivity index (χ3v) is 5.62. The molecule has 20 heavy (non-hydrogen) atoms. The predicted molar refractivity (Wildman–Crippen MR) is 76.2 cm³/mol. The highest BCUT2D eigenvalue weighted by Gasteiger charge is 2.39. The van der Waals surface area contributed by atoms with E-state index in [9.17, 15) is 12.8 Å². The van der Waals surface area contributed by atoms with Crippen molar-refractivity contribution in [2.75, 3.05) is 32.9 Å². The average Bonchev–Trinajstić information content (AvgIpc) is 2.75. The molecule has 5 nitrogen and oxygen atoms in total. The van der Waals surface area contributed by atoms with E-state index in [2.05, 4.69) is 0 Å². The van der Waals surface area contributed by atoms with Gasteiger partial charge in [0, 0.05) is 24.8 Å². The summed E-state index contributed by atoms with van der Waals surface area (Å²) < 4.78 is 40.2. The summed E-state index contributed by atoms with van der Waals surface area (Å²) in [6.45, 7) is 2.75. The summed E-state index contributed by atoms with van der Waals surface area (Å²) in [4.78, 5) is 1.65. The van der Waals surface area contributed by atoms with Crippen molar-refractivity contribution in [3.63, 3.8) is 0 Å². The number of benzene rings is 1. The molecule has 1 saturated heterocycles. The molecule has 2 rings (SSSR count). The minimum absolute atomic E-state index is 0.133. The van der Waals surface area contributed by atoms with Gasteiger partial charge < -0.3 is 10.6 Å². The van der Waals surface area contributed by atoms with Crippen LogP contribution in [0, 0.1) is 11.7 Å². The molecule has 2 unspecified atom stereocenters. The molecule has 1 heterocycles. The van der Waals surface area contributed by atoms with Crippen LogP contribution in [0.3, 0.4) is 0 Å². The second-order valence-corrected chi connectivity index (χ2v) is 7.43. The quantitative estimate of drug-likeness (QED) is 0.845. The van der Waals surface area contributed by atoms with Gasteiger partial charge in [-0.2, -0.15) is 4.31 Å². The van der Waals surface area contributed by atoms with Crippen LogP contribution in [0.1, 0.15) is 6.92 Å². The van der Waals surface area contributed by atoms with Crippen LogP contribution in [0.15, 0.2) is 23.1 Å². The first-order valence-corrected chi connectivity index (χ1v) is 7.89. The van der Waals surface area contributed by atoms with Gasteiger partial charge in [-0.05, 0) is 38.2 Å². The number of nitrogen functional groups attached to an aromatic ring is 1. The molecule has 0 bridgehead atoms. The Morgan fingerprint density at radius 2 is 2.00 bits per heavy atom. The van der Waals surface area contributed by atoms with Crippen LogP contribution in [0.2, 0.25) is 0 Å². The largest absolute Gasteiger partial charge is 0.399 e. The summed E-state index contributed by atoms with van der Waals surface area (Å²) in [6, 6.07) is 3.75. The van der Waals surface area contributed by atoms with Gasteiger partial charge in [0.15, 0.2) is 0 Å².